The van der Waals surface area contributed by atoms with Crippen LogP contribution in [0.15, 0.2) is 59.5 Å². The largest absolute Gasteiger partial charge is 0.350 e. The first-order chi connectivity index (χ1) is 13.0. The van der Waals surface area contributed by atoms with Crippen LogP contribution in [0.4, 0.5) is 0 Å². The van der Waals surface area contributed by atoms with Crippen molar-refractivity contribution in [1.29, 1.82) is 0 Å². The second kappa shape index (κ2) is 10.4. The monoisotopic (exact) mass is 385 g/mol. The van der Waals surface area contributed by atoms with Gasteiger partial charge in [-0.25, -0.2) is 0 Å². The van der Waals surface area contributed by atoms with Gasteiger partial charge in [0.05, 0.1) is 11.3 Å². The predicted molar refractivity (Wildman–Crippen MR) is 107 cm³/mol. The highest BCUT2D eigenvalue weighted by Crippen LogP contribution is 2.22. The van der Waals surface area contributed by atoms with E-state index in [4.69, 9.17) is 0 Å². The summed E-state index contributed by atoms with van der Waals surface area (Å²) in [6.45, 7) is 0.640. The van der Waals surface area contributed by atoms with E-state index in [2.05, 4.69) is 10.6 Å². The average molecular weight is 385 g/mol. The maximum atomic E-state index is 12.4. The maximum absolute atomic E-state index is 12.4. The molecule has 0 spiro atoms. The number of hydrogen-bond donors (Lipinski definition) is 2. The molecule has 0 atom stereocenters. The van der Waals surface area contributed by atoms with Crippen LogP contribution in [-0.2, 0) is 4.79 Å². The predicted octanol–water partition coefficient (Wildman–Crippen LogP) is 2.03. The Hall–Kier alpha value is -2.80. The molecule has 2 aromatic rings. The van der Waals surface area contributed by atoms with E-state index in [0.717, 1.165) is 4.90 Å². The zero-order valence-corrected chi connectivity index (χ0v) is 16.2. The Kier molecular flexibility index (Phi) is 7.88. The molecule has 0 aliphatic heterocycles. The van der Waals surface area contributed by atoms with Gasteiger partial charge in [-0.1, -0.05) is 30.3 Å². The highest BCUT2D eigenvalue weighted by molar-refractivity contribution is 8.00. The lowest BCUT2D eigenvalue weighted by atomic mass is 10.2. The normalized spacial score (nSPS) is 10.1. The van der Waals surface area contributed by atoms with E-state index >= 15 is 0 Å². The van der Waals surface area contributed by atoms with Gasteiger partial charge in [0.2, 0.25) is 5.91 Å². The lowest BCUT2D eigenvalue weighted by Crippen LogP contribution is -2.34. The van der Waals surface area contributed by atoms with Gasteiger partial charge < -0.3 is 15.5 Å². The summed E-state index contributed by atoms with van der Waals surface area (Å²) in [6, 6.07) is 16.1. The summed E-state index contributed by atoms with van der Waals surface area (Å²) in [6.07, 6.45) is 0. The Labute approximate surface area is 163 Å². The summed E-state index contributed by atoms with van der Waals surface area (Å²) in [4.78, 5) is 38.4. The first-order valence-corrected chi connectivity index (χ1v) is 9.51. The summed E-state index contributed by atoms with van der Waals surface area (Å²) in [7, 11) is 3.40. The molecule has 0 saturated heterocycles. The molecule has 0 fully saturated rings. The second-order valence-corrected chi connectivity index (χ2v) is 6.97. The summed E-state index contributed by atoms with van der Waals surface area (Å²) in [5.74, 6) is -0.157. The summed E-state index contributed by atoms with van der Waals surface area (Å²) in [5, 5.41) is 5.56. The van der Waals surface area contributed by atoms with Crippen LogP contribution in [0.2, 0.25) is 0 Å². The SMILES string of the molecule is CN(C)C(=O)CSc1ccccc1C(=O)NCCNC(=O)c1ccccc1. The molecule has 7 heteroatoms. The van der Waals surface area contributed by atoms with Crippen molar-refractivity contribution < 1.29 is 14.4 Å². The van der Waals surface area contributed by atoms with Gasteiger partial charge in [-0.2, -0.15) is 0 Å². The third-order valence-corrected chi connectivity index (χ3v) is 4.77. The Morgan fingerprint density at radius 3 is 2.11 bits per heavy atom. The van der Waals surface area contributed by atoms with Crippen LogP contribution in [0.3, 0.4) is 0 Å². The van der Waals surface area contributed by atoms with Gasteiger partial charge in [-0.05, 0) is 24.3 Å². The van der Waals surface area contributed by atoms with Gasteiger partial charge in [0.25, 0.3) is 11.8 Å². The van der Waals surface area contributed by atoms with Crippen molar-refractivity contribution >= 4 is 29.5 Å². The van der Waals surface area contributed by atoms with Gasteiger partial charge in [-0.15, -0.1) is 11.8 Å². The number of carbonyl (C=O) groups is 3. The Bertz CT molecular complexity index is 794. The Morgan fingerprint density at radius 2 is 1.44 bits per heavy atom. The van der Waals surface area contributed by atoms with Crippen LogP contribution >= 0.6 is 11.8 Å². The number of benzene rings is 2. The standard InChI is InChI=1S/C20H23N3O3S/c1-23(2)18(24)14-27-17-11-7-6-10-16(17)20(26)22-13-12-21-19(25)15-8-4-3-5-9-15/h3-11H,12-14H2,1-2H3,(H,21,25)(H,22,26). The molecule has 0 radical (unpaired) electrons. The third kappa shape index (κ3) is 6.45. The number of carbonyl (C=O) groups excluding carboxylic acids is 3. The zero-order chi connectivity index (χ0) is 19.6. The van der Waals surface area contributed by atoms with Crippen molar-refractivity contribution in [3.63, 3.8) is 0 Å². The number of thioether (sulfide) groups is 1. The summed E-state index contributed by atoms with van der Waals surface area (Å²) in [5.41, 5.74) is 1.10. The van der Waals surface area contributed by atoms with E-state index in [1.807, 2.05) is 18.2 Å². The van der Waals surface area contributed by atoms with Gasteiger partial charge in [0, 0.05) is 37.6 Å². The van der Waals surface area contributed by atoms with Gasteiger partial charge in [-0.3, -0.25) is 14.4 Å². The first kappa shape index (κ1) is 20.5. The molecule has 142 valence electrons. The van der Waals surface area contributed by atoms with Crippen molar-refractivity contribution in [2.45, 2.75) is 4.90 Å². The minimum Gasteiger partial charge on any atom is -0.350 e. The Morgan fingerprint density at radius 1 is 0.852 bits per heavy atom. The highest BCUT2D eigenvalue weighted by Gasteiger charge is 2.13. The molecule has 2 N–H and O–H groups in total. The van der Waals surface area contributed by atoms with E-state index in [1.54, 1.807) is 50.5 Å². The van der Waals surface area contributed by atoms with Crippen LogP contribution in [0.1, 0.15) is 20.7 Å². The molecule has 0 heterocycles. The topological polar surface area (TPSA) is 78.5 Å². The average Bonchev–Trinajstić information content (AvgIpc) is 2.69. The molecule has 27 heavy (non-hydrogen) atoms. The van der Waals surface area contributed by atoms with E-state index in [9.17, 15) is 14.4 Å². The smallest absolute Gasteiger partial charge is 0.252 e. The van der Waals surface area contributed by atoms with Crippen molar-refractivity contribution in [1.82, 2.24) is 15.5 Å². The van der Waals surface area contributed by atoms with Crippen LogP contribution in [0.25, 0.3) is 0 Å². The molecule has 2 aromatic carbocycles. The fraction of sp³-hybridized carbons (Fsp3) is 0.250. The molecular formula is C20H23N3O3S. The molecule has 6 nitrogen and oxygen atoms in total. The van der Waals surface area contributed by atoms with Crippen LogP contribution < -0.4 is 10.6 Å². The quantitative estimate of drug-likeness (QED) is 0.538. The van der Waals surface area contributed by atoms with Gasteiger partial charge in [0.1, 0.15) is 0 Å². The summed E-state index contributed by atoms with van der Waals surface area (Å²) < 4.78 is 0. The van der Waals surface area contributed by atoms with Gasteiger partial charge >= 0.3 is 0 Å². The van der Waals surface area contributed by atoms with Crippen molar-refractivity contribution in [3.05, 3.63) is 65.7 Å². The number of amides is 3. The molecule has 0 aliphatic carbocycles. The molecule has 0 saturated carbocycles. The van der Waals surface area contributed by atoms with E-state index in [0.29, 0.717) is 24.2 Å². The molecule has 0 bridgehead atoms. The van der Waals surface area contributed by atoms with Crippen LogP contribution in [0.5, 0.6) is 0 Å². The fourth-order valence-electron chi connectivity index (χ4n) is 2.19. The number of nitrogens with one attached hydrogen (secondary N) is 2. The third-order valence-electron chi connectivity index (χ3n) is 3.71. The second-order valence-electron chi connectivity index (χ2n) is 5.95. The summed E-state index contributed by atoms with van der Waals surface area (Å²) >= 11 is 1.33. The molecule has 0 aromatic heterocycles. The fourth-order valence-corrected chi connectivity index (χ4v) is 3.22. The lowest BCUT2D eigenvalue weighted by molar-refractivity contribution is -0.125. The molecule has 0 unspecified atom stereocenters. The van der Waals surface area contributed by atoms with E-state index < -0.39 is 0 Å². The van der Waals surface area contributed by atoms with E-state index in [-0.39, 0.29) is 23.5 Å². The highest BCUT2D eigenvalue weighted by atomic mass is 32.2. The minimum absolute atomic E-state index is 0.0150. The first-order valence-electron chi connectivity index (χ1n) is 8.52. The molecule has 2 rings (SSSR count). The number of rotatable bonds is 8. The van der Waals surface area contributed by atoms with Crippen LogP contribution in [0, 0.1) is 0 Å². The lowest BCUT2D eigenvalue weighted by Gasteiger charge is -2.12. The Balaban J connectivity index is 1.83. The van der Waals surface area contributed by atoms with Crippen LogP contribution in [-0.4, -0.2) is 55.6 Å². The maximum Gasteiger partial charge on any atom is 0.252 e. The molecule has 3 amide bonds. The van der Waals surface area contributed by atoms with Crippen molar-refractivity contribution in [3.8, 4) is 0 Å². The van der Waals surface area contributed by atoms with Gasteiger partial charge in [0.15, 0.2) is 0 Å². The zero-order valence-electron chi connectivity index (χ0n) is 15.4. The molecule has 0 aliphatic rings. The number of nitrogens with zero attached hydrogens (tertiary/aromatic N) is 1. The number of hydrogen-bond acceptors (Lipinski definition) is 4. The van der Waals surface area contributed by atoms with Crippen molar-refractivity contribution in [2.75, 3.05) is 32.9 Å². The van der Waals surface area contributed by atoms with E-state index in [1.165, 1.54) is 16.7 Å². The van der Waals surface area contributed by atoms with Crippen molar-refractivity contribution in [2.24, 2.45) is 0 Å². The minimum atomic E-state index is -0.232. The molecular weight excluding hydrogens is 362 g/mol.